The van der Waals surface area contributed by atoms with Gasteiger partial charge in [0.05, 0.1) is 10.8 Å². The molecule has 4 saturated carbocycles. The molecule has 4 bridgehead atoms. The van der Waals surface area contributed by atoms with Gasteiger partial charge in [-0.2, -0.15) is 0 Å². The quantitative estimate of drug-likeness (QED) is 0.693. The van der Waals surface area contributed by atoms with Gasteiger partial charge in [0.25, 0.3) is 11.9 Å². The van der Waals surface area contributed by atoms with Gasteiger partial charge in [-0.1, -0.05) is 0 Å². The molecule has 0 atom stereocenters. The fourth-order valence-electron chi connectivity index (χ4n) is 5.51. The van der Waals surface area contributed by atoms with Crippen LogP contribution in [0.15, 0.2) is 0 Å². The second-order valence-electron chi connectivity index (χ2n) is 10.5. The smallest absolute Gasteiger partial charge is 0.298 e. The lowest BCUT2D eigenvalue weighted by Crippen LogP contribution is -2.59. The highest BCUT2D eigenvalue weighted by atomic mass is 28.4. The largest absolute Gasteiger partial charge is 0.519 e. The van der Waals surface area contributed by atoms with E-state index in [0.29, 0.717) is 18.3 Å². The summed E-state index contributed by atoms with van der Waals surface area (Å²) in [6.07, 6.45) is 5.47. The Kier molecular flexibility index (Phi) is 4.11. The summed E-state index contributed by atoms with van der Waals surface area (Å²) in [5.41, 5.74) is -0.856. The summed E-state index contributed by atoms with van der Waals surface area (Å²) in [6, 6.07) is 0. The van der Waals surface area contributed by atoms with Gasteiger partial charge in [-0.15, -0.1) is 0 Å². The van der Waals surface area contributed by atoms with Crippen LogP contribution in [-0.2, 0) is 18.4 Å². The second kappa shape index (κ2) is 5.43. The minimum absolute atomic E-state index is 0.0269. The van der Waals surface area contributed by atoms with Crippen molar-refractivity contribution >= 4 is 28.6 Å². The van der Waals surface area contributed by atoms with Gasteiger partial charge < -0.3 is 8.85 Å². The van der Waals surface area contributed by atoms with Crippen LogP contribution in [0.2, 0.25) is 39.3 Å². The maximum Gasteiger partial charge on any atom is 0.298 e. The van der Waals surface area contributed by atoms with Gasteiger partial charge in [0.15, 0.2) is 0 Å². The van der Waals surface area contributed by atoms with Gasteiger partial charge in [-0.3, -0.25) is 9.59 Å². The molecule has 0 N–H and O–H groups in total. The molecule has 0 aliphatic heterocycles. The predicted molar refractivity (Wildman–Crippen MR) is 98.4 cm³/mol. The van der Waals surface area contributed by atoms with Crippen molar-refractivity contribution in [2.75, 3.05) is 0 Å². The van der Waals surface area contributed by atoms with Crippen molar-refractivity contribution in [1.29, 1.82) is 0 Å². The van der Waals surface area contributed by atoms with Crippen LogP contribution >= 0.6 is 0 Å². The molecule has 0 aromatic carbocycles. The molecule has 0 aromatic rings. The zero-order valence-corrected chi connectivity index (χ0v) is 18.0. The third-order valence-electron chi connectivity index (χ3n) is 5.72. The monoisotopic (exact) mass is 368 g/mol. The van der Waals surface area contributed by atoms with E-state index in [1.54, 1.807) is 0 Å². The van der Waals surface area contributed by atoms with E-state index in [-0.39, 0.29) is 11.9 Å². The average molecular weight is 369 g/mol. The molecule has 0 saturated heterocycles. The maximum atomic E-state index is 13.0. The Morgan fingerprint density at radius 2 is 1.08 bits per heavy atom. The first-order valence-electron chi connectivity index (χ1n) is 9.30. The lowest BCUT2D eigenvalue weighted by Gasteiger charge is -2.60. The first kappa shape index (κ1) is 18.2. The van der Waals surface area contributed by atoms with Gasteiger partial charge in [0.2, 0.25) is 16.6 Å². The minimum Gasteiger partial charge on any atom is -0.519 e. The topological polar surface area (TPSA) is 52.6 Å². The molecule has 4 fully saturated rings. The van der Waals surface area contributed by atoms with E-state index in [4.69, 9.17) is 8.85 Å². The van der Waals surface area contributed by atoms with E-state index in [1.807, 2.05) is 0 Å². The van der Waals surface area contributed by atoms with Crippen molar-refractivity contribution in [1.82, 2.24) is 0 Å². The molecule has 0 radical (unpaired) electrons. The number of hydrogen-bond acceptors (Lipinski definition) is 4. The lowest BCUT2D eigenvalue weighted by molar-refractivity contribution is -0.184. The Bertz CT molecular complexity index is 498. The van der Waals surface area contributed by atoms with Gasteiger partial charge in [0.1, 0.15) is 0 Å². The summed E-state index contributed by atoms with van der Waals surface area (Å²) >= 11 is 0. The summed E-state index contributed by atoms with van der Waals surface area (Å²) in [5.74, 6) is 0.908. The first-order chi connectivity index (χ1) is 10.8. The molecule has 0 amide bonds. The SMILES string of the molecule is C[Si](C)(C)OC(=O)C12CC3CC(C1)CC(C(=O)O[Si](C)(C)C)(C3)C2. The zero-order valence-electron chi connectivity index (χ0n) is 16.0. The van der Waals surface area contributed by atoms with Crippen molar-refractivity contribution < 1.29 is 18.4 Å². The average Bonchev–Trinajstić information content (AvgIpc) is 2.32. The summed E-state index contributed by atoms with van der Waals surface area (Å²) in [5, 5.41) is 0. The Balaban J connectivity index is 1.87. The van der Waals surface area contributed by atoms with Crippen molar-refractivity contribution in [3.63, 3.8) is 0 Å². The Morgan fingerprint density at radius 1 is 0.750 bits per heavy atom. The van der Waals surface area contributed by atoms with Crippen LogP contribution in [-0.4, -0.2) is 28.6 Å². The molecule has 4 aliphatic rings. The van der Waals surface area contributed by atoms with Gasteiger partial charge >= 0.3 is 0 Å². The van der Waals surface area contributed by atoms with E-state index in [9.17, 15) is 9.59 Å². The highest BCUT2D eigenvalue weighted by Gasteiger charge is 2.64. The van der Waals surface area contributed by atoms with Crippen molar-refractivity contribution in [2.45, 2.75) is 77.8 Å². The number of hydrogen-bond donors (Lipinski definition) is 0. The Hall–Kier alpha value is -0.626. The van der Waals surface area contributed by atoms with Crippen molar-refractivity contribution in [3.8, 4) is 0 Å². The van der Waals surface area contributed by atoms with Crippen LogP contribution in [0.3, 0.4) is 0 Å². The van der Waals surface area contributed by atoms with Crippen LogP contribution in [0.4, 0.5) is 0 Å². The van der Waals surface area contributed by atoms with Gasteiger partial charge in [-0.25, -0.2) is 0 Å². The zero-order chi connectivity index (χ0) is 18.0. The highest BCUT2D eigenvalue weighted by Crippen LogP contribution is 2.66. The summed E-state index contributed by atoms with van der Waals surface area (Å²) in [6.45, 7) is 12.3. The normalized spacial score (nSPS) is 38.1. The lowest BCUT2D eigenvalue weighted by atomic mass is 9.44. The summed E-state index contributed by atoms with van der Waals surface area (Å²) in [4.78, 5) is 26.1. The minimum atomic E-state index is -1.92. The number of carbonyl (C=O) groups excluding carboxylic acids is 2. The van der Waals surface area contributed by atoms with Crippen LogP contribution in [0, 0.1) is 22.7 Å². The molecule has 4 nitrogen and oxygen atoms in total. The van der Waals surface area contributed by atoms with Crippen LogP contribution in [0.25, 0.3) is 0 Å². The Labute approximate surface area is 147 Å². The first-order valence-corrected chi connectivity index (χ1v) is 16.1. The third-order valence-corrected chi connectivity index (χ3v) is 7.32. The van der Waals surface area contributed by atoms with Crippen molar-refractivity contribution in [2.24, 2.45) is 22.7 Å². The summed E-state index contributed by atoms with van der Waals surface area (Å²) < 4.78 is 11.8. The molecule has 4 aliphatic carbocycles. The molecule has 136 valence electrons. The maximum absolute atomic E-state index is 13.0. The molecule has 0 aromatic heterocycles. The molecule has 0 heterocycles. The van der Waals surface area contributed by atoms with Crippen LogP contribution in [0.5, 0.6) is 0 Å². The fraction of sp³-hybridized carbons (Fsp3) is 0.889. The van der Waals surface area contributed by atoms with E-state index < -0.39 is 27.5 Å². The second-order valence-corrected chi connectivity index (χ2v) is 19.4. The predicted octanol–water partition coefficient (Wildman–Crippen LogP) is 4.33. The van der Waals surface area contributed by atoms with E-state index in [1.165, 1.54) is 6.42 Å². The van der Waals surface area contributed by atoms with E-state index >= 15 is 0 Å². The highest BCUT2D eigenvalue weighted by molar-refractivity contribution is 6.71. The number of rotatable bonds is 4. The molecule has 4 rings (SSSR count). The molecular formula is C18H32O4Si2. The molecule has 6 heteroatoms. The number of carbonyl (C=O) groups is 2. The van der Waals surface area contributed by atoms with E-state index in [2.05, 4.69) is 39.3 Å². The third kappa shape index (κ3) is 3.36. The summed E-state index contributed by atoms with van der Waals surface area (Å²) in [7, 11) is -3.84. The van der Waals surface area contributed by atoms with Gasteiger partial charge in [-0.05, 0) is 89.6 Å². The molecular weight excluding hydrogens is 336 g/mol. The standard InChI is InChI=1S/C18H32O4Si2/c1-23(2,3)21-15(19)17-8-13-7-14(9-17)11-18(10-13,12-17)16(20)22-24(4,5)6/h13-14H,7-12H2,1-6H3. The Morgan fingerprint density at radius 3 is 1.38 bits per heavy atom. The van der Waals surface area contributed by atoms with Crippen molar-refractivity contribution in [3.05, 3.63) is 0 Å². The van der Waals surface area contributed by atoms with Gasteiger partial charge in [0, 0.05) is 0 Å². The fourth-order valence-corrected chi connectivity index (χ4v) is 7.06. The molecule has 0 spiro atoms. The van der Waals surface area contributed by atoms with E-state index in [0.717, 1.165) is 25.7 Å². The molecule has 0 unspecified atom stereocenters. The van der Waals surface area contributed by atoms with Crippen LogP contribution < -0.4 is 0 Å². The molecule has 24 heavy (non-hydrogen) atoms. The van der Waals surface area contributed by atoms with Crippen LogP contribution in [0.1, 0.15) is 38.5 Å².